The maximum Gasteiger partial charge on any atom is 0.283 e. The number of amides is 1. The van der Waals surface area contributed by atoms with Gasteiger partial charge < -0.3 is 10.1 Å². The topological polar surface area (TPSA) is 56.2 Å². The molecule has 0 unspecified atom stereocenters. The van der Waals surface area contributed by atoms with Crippen molar-refractivity contribution >= 4 is 17.5 Å². The number of aromatic nitrogens is 2. The molecular formula is C13H18ClF2N3O2. The molecule has 1 aliphatic rings. The summed E-state index contributed by atoms with van der Waals surface area (Å²) in [5.41, 5.74) is -0.139. The summed E-state index contributed by atoms with van der Waals surface area (Å²) in [6.45, 7) is 4.28. The van der Waals surface area contributed by atoms with Gasteiger partial charge in [0.25, 0.3) is 6.43 Å². The van der Waals surface area contributed by atoms with E-state index in [9.17, 15) is 13.6 Å². The van der Waals surface area contributed by atoms with Crippen LogP contribution in [0.5, 0.6) is 0 Å². The highest BCUT2D eigenvalue weighted by atomic mass is 35.5. The first-order valence-electron chi connectivity index (χ1n) is 6.83. The molecule has 1 aromatic heterocycles. The van der Waals surface area contributed by atoms with Gasteiger partial charge in [-0.15, -0.1) is 0 Å². The Balaban J connectivity index is 2.03. The van der Waals surface area contributed by atoms with Gasteiger partial charge in [0.1, 0.15) is 11.7 Å². The highest BCUT2D eigenvalue weighted by molar-refractivity contribution is 6.31. The lowest BCUT2D eigenvalue weighted by atomic mass is 10.2. The number of carbonyl (C=O) groups is 1. The number of hydrogen-bond acceptors (Lipinski definition) is 3. The number of nitrogens with one attached hydrogen (secondary N) is 1. The minimum Gasteiger partial charge on any atom is -0.376 e. The Kier molecular flexibility index (Phi) is 5.16. The van der Waals surface area contributed by atoms with E-state index in [1.807, 2.05) is 0 Å². The summed E-state index contributed by atoms with van der Waals surface area (Å²) in [5, 5.41) is 6.41. The van der Waals surface area contributed by atoms with Crippen LogP contribution < -0.4 is 5.32 Å². The van der Waals surface area contributed by atoms with Crippen molar-refractivity contribution in [3.8, 4) is 0 Å². The fourth-order valence-electron chi connectivity index (χ4n) is 2.32. The van der Waals surface area contributed by atoms with Crippen LogP contribution in [0.15, 0.2) is 0 Å². The number of rotatable bonds is 5. The third kappa shape index (κ3) is 3.52. The van der Waals surface area contributed by atoms with Crippen molar-refractivity contribution in [2.75, 3.05) is 13.2 Å². The number of ether oxygens (including phenoxy) is 1. The Morgan fingerprint density at radius 2 is 2.33 bits per heavy atom. The summed E-state index contributed by atoms with van der Waals surface area (Å²) < 4.78 is 32.2. The maximum absolute atomic E-state index is 12.8. The van der Waals surface area contributed by atoms with Gasteiger partial charge in [0.05, 0.1) is 16.8 Å². The summed E-state index contributed by atoms with van der Waals surface area (Å²) in [6, 6.07) is -0.712. The van der Waals surface area contributed by atoms with Crippen molar-refractivity contribution < 1.29 is 18.3 Å². The maximum atomic E-state index is 12.8. The van der Waals surface area contributed by atoms with Crippen LogP contribution in [0.4, 0.5) is 8.78 Å². The Morgan fingerprint density at radius 3 is 2.86 bits per heavy atom. The second-order valence-corrected chi connectivity index (χ2v) is 5.46. The van der Waals surface area contributed by atoms with Gasteiger partial charge in [0, 0.05) is 13.2 Å². The van der Waals surface area contributed by atoms with Gasteiger partial charge >= 0.3 is 0 Å². The lowest BCUT2D eigenvalue weighted by Gasteiger charge is -2.16. The molecule has 1 aliphatic heterocycles. The summed E-state index contributed by atoms with van der Waals surface area (Å²) in [4.78, 5) is 12.1. The van der Waals surface area contributed by atoms with Crippen molar-refractivity contribution in [3.63, 3.8) is 0 Å². The lowest BCUT2D eigenvalue weighted by Crippen LogP contribution is -2.36. The van der Waals surface area contributed by atoms with Crippen LogP contribution in [-0.2, 0) is 9.53 Å². The van der Waals surface area contributed by atoms with Crippen LogP contribution >= 0.6 is 11.6 Å². The first kappa shape index (κ1) is 16.2. The van der Waals surface area contributed by atoms with E-state index in [1.165, 1.54) is 4.68 Å². The lowest BCUT2D eigenvalue weighted by molar-refractivity contribution is -0.124. The quantitative estimate of drug-likeness (QED) is 0.907. The molecule has 0 saturated carbocycles. The molecule has 0 radical (unpaired) electrons. The number of hydrogen-bond donors (Lipinski definition) is 1. The van der Waals surface area contributed by atoms with Crippen LogP contribution in [0, 0.1) is 6.92 Å². The zero-order valence-corrected chi connectivity index (χ0v) is 12.7. The molecule has 1 saturated heterocycles. The zero-order valence-electron chi connectivity index (χ0n) is 11.9. The predicted octanol–water partition coefficient (Wildman–Crippen LogP) is 2.64. The summed E-state index contributed by atoms with van der Waals surface area (Å²) >= 11 is 5.82. The van der Waals surface area contributed by atoms with Crippen molar-refractivity contribution in [1.29, 1.82) is 0 Å². The van der Waals surface area contributed by atoms with E-state index < -0.39 is 18.2 Å². The van der Waals surface area contributed by atoms with E-state index in [1.54, 1.807) is 13.8 Å². The van der Waals surface area contributed by atoms with E-state index >= 15 is 0 Å². The molecule has 2 rings (SSSR count). The van der Waals surface area contributed by atoms with E-state index in [0.717, 1.165) is 12.8 Å². The molecule has 8 heteroatoms. The van der Waals surface area contributed by atoms with E-state index in [4.69, 9.17) is 16.3 Å². The minimum atomic E-state index is -2.76. The largest absolute Gasteiger partial charge is 0.376 e. The van der Waals surface area contributed by atoms with Crippen LogP contribution in [-0.4, -0.2) is 34.9 Å². The second kappa shape index (κ2) is 6.70. The highest BCUT2D eigenvalue weighted by Gasteiger charge is 2.26. The van der Waals surface area contributed by atoms with Crippen molar-refractivity contribution in [2.45, 2.75) is 45.3 Å². The molecule has 2 heterocycles. The molecule has 1 N–H and O–H groups in total. The first-order valence-corrected chi connectivity index (χ1v) is 7.21. The first-order chi connectivity index (χ1) is 9.91. The molecular weight excluding hydrogens is 304 g/mol. The molecule has 0 aliphatic carbocycles. The number of nitrogens with zero attached hydrogens (tertiary/aromatic N) is 2. The predicted molar refractivity (Wildman–Crippen MR) is 73.6 cm³/mol. The van der Waals surface area contributed by atoms with Crippen molar-refractivity contribution in [2.24, 2.45) is 0 Å². The number of alkyl halides is 2. The van der Waals surface area contributed by atoms with Gasteiger partial charge in [0.15, 0.2) is 0 Å². The van der Waals surface area contributed by atoms with Crippen LogP contribution in [0.1, 0.15) is 43.6 Å². The number of carbonyl (C=O) groups excluding carboxylic acids is 1. The van der Waals surface area contributed by atoms with E-state index in [0.29, 0.717) is 18.8 Å². The summed E-state index contributed by atoms with van der Waals surface area (Å²) in [6.07, 6.45) is -0.835. The van der Waals surface area contributed by atoms with Crippen molar-refractivity contribution in [3.05, 3.63) is 16.4 Å². The molecule has 21 heavy (non-hydrogen) atoms. The summed E-state index contributed by atoms with van der Waals surface area (Å²) in [7, 11) is 0. The average Bonchev–Trinajstić information content (AvgIpc) is 3.05. The van der Waals surface area contributed by atoms with Gasteiger partial charge in [-0.05, 0) is 26.7 Å². The molecule has 1 fully saturated rings. The Morgan fingerprint density at radius 1 is 1.62 bits per heavy atom. The van der Waals surface area contributed by atoms with Crippen LogP contribution in [0.3, 0.4) is 0 Å². The van der Waals surface area contributed by atoms with E-state index in [2.05, 4.69) is 10.4 Å². The third-order valence-electron chi connectivity index (χ3n) is 3.58. The fourth-order valence-corrected chi connectivity index (χ4v) is 2.52. The standard InChI is InChI=1S/C13H18ClF2N3O2/c1-7-10(14)11(12(15)16)18-19(7)8(2)13(20)17-6-9-4-3-5-21-9/h8-9,12H,3-6H2,1-2H3,(H,17,20)/t8-,9-/m1/s1. The molecule has 118 valence electrons. The van der Waals surface area contributed by atoms with Gasteiger partial charge in [-0.2, -0.15) is 5.10 Å². The highest BCUT2D eigenvalue weighted by Crippen LogP contribution is 2.30. The number of halogens is 3. The van der Waals surface area contributed by atoms with Gasteiger partial charge in [0.2, 0.25) is 5.91 Å². The second-order valence-electron chi connectivity index (χ2n) is 5.09. The van der Waals surface area contributed by atoms with Crippen LogP contribution in [0.25, 0.3) is 0 Å². The molecule has 1 aromatic rings. The Bertz CT molecular complexity index is 516. The SMILES string of the molecule is Cc1c(Cl)c(C(F)F)nn1[C@H](C)C(=O)NC[C@H]1CCCO1. The van der Waals surface area contributed by atoms with E-state index in [-0.39, 0.29) is 17.0 Å². The molecule has 0 spiro atoms. The molecule has 5 nitrogen and oxygen atoms in total. The monoisotopic (exact) mass is 321 g/mol. The molecule has 1 amide bonds. The smallest absolute Gasteiger partial charge is 0.283 e. The van der Waals surface area contributed by atoms with Crippen molar-refractivity contribution in [1.82, 2.24) is 15.1 Å². The molecule has 0 aromatic carbocycles. The average molecular weight is 322 g/mol. The van der Waals surface area contributed by atoms with Gasteiger partial charge in [-0.25, -0.2) is 8.78 Å². The Hall–Kier alpha value is -1.21. The molecule has 2 atom stereocenters. The molecule has 0 bridgehead atoms. The third-order valence-corrected chi connectivity index (χ3v) is 4.05. The normalized spacial score (nSPS) is 20.0. The van der Waals surface area contributed by atoms with Gasteiger partial charge in [-0.3, -0.25) is 9.48 Å². The minimum absolute atomic E-state index is 0.0279. The van der Waals surface area contributed by atoms with Crippen LogP contribution in [0.2, 0.25) is 5.02 Å². The van der Waals surface area contributed by atoms with Gasteiger partial charge in [-0.1, -0.05) is 11.6 Å². The summed E-state index contributed by atoms with van der Waals surface area (Å²) in [5.74, 6) is -0.298. The fraction of sp³-hybridized carbons (Fsp3) is 0.692. The Labute approximate surface area is 126 Å². The zero-order chi connectivity index (χ0) is 15.6.